The smallest absolute Gasteiger partial charge is 0.233 e. The molecule has 0 aliphatic rings. The zero-order chi connectivity index (χ0) is 19.9. The van der Waals surface area contributed by atoms with Crippen LogP contribution < -0.4 is 10.1 Å². The molecule has 0 radical (unpaired) electrons. The molecule has 3 aromatic rings. The topological polar surface area (TPSA) is 69.0 Å². The Bertz CT molecular complexity index is 892. The molecule has 3 rings (SSSR count). The number of methoxy groups -OCH3 is 1. The van der Waals surface area contributed by atoms with Crippen molar-refractivity contribution in [3.05, 3.63) is 47.3 Å². The number of thiophene rings is 1. The van der Waals surface area contributed by atoms with E-state index in [-0.39, 0.29) is 11.2 Å². The average molecular weight is 417 g/mol. The molecule has 0 saturated heterocycles. The van der Waals surface area contributed by atoms with Gasteiger partial charge in [-0.2, -0.15) is 0 Å². The zero-order valence-corrected chi connectivity index (χ0v) is 17.8. The van der Waals surface area contributed by atoms with Crippen molar-refractivity contribution >= 4 is 29.0 Å². The molecule has 2 aromatic heterocycles. The lowest BCUT2D eigenvalue weighted by molar-refractivity contribution is -0.120. The van der Waals surface area contributed by atoms with Crippen molar-refractivity contribution in [3.8, 4) is 16.5 Å². The first-order valence-corrected chi connectivity index (χ1v) is 10.9. The van der Waals surface area contributed by atoms with Gasteiger partial charge in [-0.15, -0.1) is 21.5 Å². The predicted molar refractivity (Wildman–Crippen MR) is 114 cm³/mol. The molecule has 1 aromatic carbocycles. The van der Waals surface area contributed by atoms with E-state index in [1.54, 1.807) is 18.4 Å². The third kappa shape index (κ3) is 4.94. The lowest BCUT2D eigenvalue weighted by Gasteiger charge is -2.12. The van der Waals surface area contributed by atoms with E-state index in [0.29, 0.717) is 6.54 Å². The summed E-state index contributed by atoms with van der Waals surface area (Å²) < 4.78 is 7.21. The molecule has 1 amide bonds. The Morgan fingerprint density at radius 1 is 1.29 bits per heavy atom. The minimum absolute atomic E-state index is 0.00170. The first-order chi connectivity index (χ1) is 13.6. The van der Waals surface area contributed by atoms with Gasteiger partial charge in [0.2, 0.25) is 5.91 Å². The van der Waals surface area contributed by atoms with Crippen LogP contribution in [-0.4, -0.2) is 39.6 Å². The highest BCUT2D eigenvalue weighted by Gasteiger charge is 2.20. The molecule has 8 heteroatoms. The number of carbonyl (C=O) groups is 1. The molecular formula is C20H24N4O2S2. The molecule has 2 heterocycles. The van der Waals surface area contributed by atoms with Crippen molar-refractivity contribution < 1.29 is 9.53 Å². The molecular weight excluding hydrogens is 392 g/mol. The van der Waals surface area contributed by atoms with Gasteiger partial charge in [0.05, 0.1) is 17.2 Å². The lowest BCUT2D eigenvalue weighted by atomic mass is 10.1. The molecule has 0 bridgehead atoms. The van der Waals surface area contributed by atoms with Crippen LogP contribution in [0.25, 0.3) is 10.7 Å². The largest absolute Gasteiger partial charge is 0.497 e. The fourth-order valence-corrected chi connectivity index (χ4v) is 4.38. The zero-order valence-electron chi connectivity index (χ0n) is 16.2. The summed E-state index contributed by atoms with van der Waals surface area (Å²) in [5.74, 6) is 1.69. The Kier molecular flexibility index (Phi) is 7.11. The maximum absolute atomic E-state index is 12.5. The van der Waals surface area contributed by atoms with Crippen LogP contribution >= 0.6 is 23.1 Å². The van der Waals surface area contributed by atoms with E-state index in [0.717, 1.165) is 40.1 Å². The van der Waals surface area contributed by atoms with Gasteiger partial charge in [-0.1, -0.05) is 30.0 Å². The van der Waals surface area contributed by atoms with Crippen molar-refractivity contribution in [2.24, 2.45) is 0 Å². The summed E-state index contributed by atoms with van der Waals surface area (Å²) in [7, 11) is 1.65. The molecule has 148 valence electrons. The van der Waals surface area contributed by atoms with Crippen LogP contribution in [0, 0.1) is 0 Å². The van der Waals surface area contributed by atoms with E-state index in [2.05, 4.69) is 27.0 Å². The van der Waals surface area contributed by atoms with Gasteiger partial charge in [-0.05, 0) is 49.4 Å². The van der Waals surface area contributed by atoms with Gasteiger partial charge in [0.25, 0.3) is 0 Å². The molecule has 0 saturated carbocycles. The molecule has 1 N–H and O–H groups in total. The second-order valence-electron chi connectivity index (χ2n) is 6.18. The molecule has 28 heavy (non-hydrogen) atoms. The normalized spacial score (nSPS) is 12.0. The van der Waals surface area contributed by atoms with Gasteiger partial charge in [0.1, 0.15) is 5.75 Å². The lowest BCUT2D eigenvalue weighted by Crippen LogP contribution is -2.32. The highest BCUT2D eigenvalue weighted by molar-refractivity contribution is 8.00. The average Bonchev–Trinajstić information content (AvgIpc) is 3.37. The number of thioether (sulfide) groups is 1. The summed E-state index contributed by atoms with van der Waals surface area (Å²) in [6, 6.07) is 11.9. The van der Waals surface area contributed by atoms with Crippen LogP contribution in [0.15, 0.2) is 46.9 Å². The number of carbonyl (C=O) groups excluding carboxylic acids is 1. The van der Waals surface area contributed by atoms with E-state index >= 15 is 0 Å². The summed E-state index contributed by atoms with van der Waals surface area (Å²) >= 11 is 3.07. The number of aromatic nitrogens is 3. The van der Waals surface area contributed by atoms with E-state index in [4.69, 9.17) is 4.74 Å². The Balaban J connectivity index is 1.54. The molecule has 0 aliphatic carbocycles. The van der Waals surface area contributed by atoms with Gasteiger partial charge in [0, 0.05) is 13.1 Å². The van der Waals surface area contributed by atoms with Gasteiger partial charge in [-0.25, -0.2) is 0 Å². The van der Waals surface area contributed by atoms with Crippen LogP contribution in [0.5, 0.6) is 5.75 Å². The fraction of sp³-hybridized carbons (Fsp3) is 0.350. The fourth-order valence-electron chi connectivity index (χ4n) is 2.73. The number of amides is 1. The third-order valence-electron chi connectivity index (χ3n) is 4.30. The minimum atomic E-state index is -0.249. The molecule has 0 fully saturated rings. The number of hydrogen-bond donors (Lipinski definition) is 1. The minimum Gasteiger partial charge on any atom is -0.497 e. The molecule has 0 spiro atoms. The maximum atomic E-state index is 12.5. The van der Waals surface area contributed by atoms with Crippen LogP contribution in [0.4, 0.5) is 0 Å². The van der Waals surface area contributed by atoms with Gasteiger partial charge >= 0.3 is 0 Å². The number of nitrogens with zero attached hydrogens (tertiary/aromatic N) is 3. The van der Waals surface area contributed by atoms with Gasteiger partial charge in [0.15, 0.2) is 11.0 Å². The number of hydrogen-bond acceptors (Lipinski definition) is 6. The summed E-state index contributed by atoms with van der Waals surface area (Å²) in [4.78, 5) is 13.5. The van der Waals surface area contributed by atoms with E-state index < -0.39 is 0 Å². The van der Waals surface area contributed by atoms with E-state index in [9.17, 15) is 4.79 Å². The van der Waals surface area contributed by atoms with Crippen molar-refractivity contribution in [1.82, 2.24) is 20.1 Å². The Hall–Kier alpha value is -2.32. The number of ether oxygens (including phenoxy) is 1. The van der Waals surface area contributed by atoms with Crippen LogP contribution in [0.2, 0.25) is 0 Å². The number of benzene rings is 1. The summed E-state index contributed by atoms with van der Waals surface area (Å²) in [5.41, 5.74) is 1.16. The first kappa shape index (κ1) is 20.4. The summed E-state index contributed by atoms with van der Waals surface area (Å²) in [6.07, 6.45) is 0.779. The summed E-state index contributed by atoms with van der Waals surface area (Å²) in [5, 5.41) is 14.2. The monoisotopic (exact) mass is 416 g/mol. The third-order valence-corrected chi connectivity index (χ3v) is 6.24. The second kappa shape index (κ2) is 9.75. The van der Waals surface area contributed by atoms with Crippen molar-refractivity contribution in [1.29, 1.82) is 0 Å². The molecule has 6 nitrogen and oxygen atoms in total. The van der Waals surface area contributed by atoms with Crippen LogP contribution in [0.1, 0.15) is 19.4 Å². The van der Waals surface area contributed by atoms with Crippen molar-refractivity contribution in [2.45, 2.75) is 37.2 Å². The highest BCUT2D eigenvalue weighted by Crippen LogP contribution is 2.29. The van der Waals surface area contributed by atoms with Crippen LogP contribution in [-0.2, 0) is 17.8 Å². The molecule has 1 atom stereocenters. The van der Waals surface area contributed by atoms with E-state index in [1.807, 2.05) is 48.7 Å². The molecule has 0 aliphatic heterocycles. The number of nitrogens with one attached hydrogen (secondary N) is 1. The standard InChI is InChI=1S/C20H24N4O2S2/c1-4-24-18(17-6-5-13-27-17)22-23-20(24)28-14(2)19(25)21-12-11-15-7-9-16(26-3)10-8-15/h5-10,13-14H,4,11-12H2,1-3H3,(H,21,25)/t14-/m0/s1. The SMILES string of the molecule is CCn1c(S[C@@H](C)C(=O)NCCc2ccc(OC)cc2)nnc1-c1cccs1. The van der Waals surface area contributed by atoms with Crippen LogP contribution in [0.3, 0.4) is 0 Å². The van der Waals surface area contributed by atoms with Gasteiger partial charge < -0.3 is 14.6 Å². The summed E-state index contributed by atoms with van der Waals surface area (Å²) in [6.45, 7) is 5.31. The predicted octanol–water partition coefficient (Wildman–Crippen LogP) is 3.87. The highest BCUT2D eigenvalue weighted by atomic mass is 32.2. The Labute approximate surface area is 173 Å². The number of rotatable bonds is 9. The Morgan fingerprint density at radius 3 is 2.71 bits per heavy atom. The second-order valence-corrected chi connectivity index (χ2v) is 8.43. The molecule has 0 unspecified atom stereocenters. The van der Waals surface area contributed by atoms with Crippen molar-refractivity contribution in [2.75, 3.05) is 13.7 Å². The first-order valence-electron chi connectivity index (χ1n) is 9.16. The Morgan fingerprint density at radius 2 is 2.07 bits per heavy atom. The maximum Gasteiger partial charge on any atom is 0.233 e. The quantitative estimate of drug-likeness (QED) is 0.536. The van der Waals surface area contributed by atoms with Crippen molar-refractivity contribution in [3.63, 3.8) is 0 Å². The van der Waals surface area contributed by atoms with E-state index in [1.165, 1.54) is 11.8 Å². The van der Waals surface area contributed by atoms with Gasteiger partial charge in [-0.3, -0.25) is 4.79 Å².